The van der Waals surface area contributed by atoms with E-state index in [4.69, 9.17) is 4.52 Å². The van der Waals surface area contributed by atoms with Gasteiger partial charge in [0, 0.05) is 29.8 Å². The minimum Gasteiger partial charge on any atom is -0.339 e. The predicted molar refractivity (Wildman–Crippen MR) is 100 cm³/mol. The summed E-state index contributed by atoms with van der Waals surface area (Å²) in [6.45, 7) is 6.12. The molecular formula is C21H20FN3O2. The van der Waals surface area contributed by atoms with Gasteiger partial charge >= 0.3 is 0 Å². The molecule has 6 heteroatoms. The third-order valence-electron chi connectivity index (χ3n) is 5.07. The van der Waals surface area contributed by atoms with Gasteiger partial charge in [-0.2, -0.15) is 4.98 Å². The highest BCUT2D eigenvalue weighted by Crippen LogP contribution is 2.34. The van der Waals surface area contributed by atoms with E-state index in [1.165, 1.54) is 11.6 Å². The molecule has 1 amide bonds. The number of anilines is 1. The molecule has 0 aliphatic carbocycles. The van der Waals surface area contributed by atoms with Gasteiger partial charge in [-0.3, -0.25) is 4.79 Å². The molecule has 0 N–H and O–H groups in total. The van der Waals surface area contributed by atoms with Gasteiger partial charge in [-0.15, -0.1) is 0 Å². The molecule has 3 aromatic rings. The maximum absolute atomic E-state index is 13.9. The summed E-state index contributed by atoms with van der Waals surface area (Å²) in [7, 11) is 0. The van der Waals surface area contributed by atoms with E-state index in [1.807, 2.05) is 26.0 Å². The van der Waals surface area contributed by atoms with Crippen LogP contribution in [0.3, 0.4) is 0 Å². The maximum atomic E-state index is 13.9. The summed E-state index contributed by atoms with van der Waals surface area (Å²) >= 11 is 0. The molecule has 1 saturated heterocycles. The molecule has 1 aromatic heterocycles. The average molecular weight is 365 g/mol. The van der Waals surface area contributed by atoms with Crippen LogP contribution in [0.5, 0.6) is 0 Å². The van der Waals surface area contributed by atoms with Gasteiger partial charge in [0.05, 0.1) is 5.92 Å². The van der Waals surface area contributed by atoms with Crippen LogP contribution in [0.15, 0.2) is 40.9 Å². The topological polar surface area (TPSA) is 59.2 Å². The second-order valence-electron chi connectivity index (χ2n) is 7.06. The number of amides is 1. The summed E-state index contributed by atoms with van der Waals surface area (Å²) in [6.07, 6.45) is 0.268. The van der Waals surface area contributed by atoms with E-state index >= 15 is 0 Å². The Bertz CT molecular complexity index is 1030. The Kier molecular flexibility index (Phi) is 4.26. The number of carbonyl (C=O) groups is 1. The number of halogens is 1. The van der Waals surface area contributed by atoms with Crippen molar-refractivity contribution in [1.29, 1.82) is 0 Å². The van der Waals surface area contributed by atoms with Gasteiger partial charge in [-0.25, -0.2) is 4.39 Å². The minimum absolute atomic E-state index is 0.0695. The largest absolute Gasteiger partial charge is 0.339 e. The SMILES string of the molecule is Cc1ccc(-c2noc(C3CC(=O)N(c4cccc(F)c4C)C3)n2)c(C)c1. The fourth-order valence-electron chi connectivity index (χ4n) is 3.57. The molecule has 0 saturated carbocycles. The van der Waals surface area contributed by atoms with Crippen LogP contribution in [0.2, 0.25) is 0 Å². The van der Waals surface area contributed by atoms with E-state index in [9.17, 15) is 9.18 Å². The highest BCUT2D eigenvalue weighted by Gasteiger charge is 2.36. The lowest BCUT2D eigenvalue weighted by Gasteiger charge is -2.18. The lowest BCUT2D eigenvalue weighted by molar-refractivity contribution is -0.117. The van der Waals surface area contributed by atoms with Crippen molar-refractivity contribution in [2.45, 2.75) is 33.1 Å². The number of hydrogen-bond acceptors (Lipinski definition) is 4. The molecule has 1 aliphatic heterocycles. The van der Waals surface area contributed by atoms with Gasteiger partial charge in [-0.1, -0.05) is 35.0 Å². The molecule has 2 heterocycles. The summed E-state index contributed by atoms with van der Waals surface area (Å²) in [5, 5.41) is 4.10. The highest BCUT2D eigenvalue weighted by molar-refractivity contribution is 5.97. The zero-order chi connectivity index (χ0) is 19.1. The van der Waals surface area contributed by atoms with Crippen molar-refractivity contribution >= 4 is 11.6 Å². The number of rotatable bonds is 3. The lowest BCUT2D eigenvalue weighted by Crippen LogP contribution is -2.25. The van der Waals surface area contributed by atoms with E-state index in [0.717, 1.165) is 11.1 Å². The van der Waals surface area contributed by atoms with E-state index in [1.54, 1.807) is 24.0 Å². The Morgan fingerprint density at radius 3 is 2.78 bits per heavy atom. The first-order chi connectivity index (χ1) is 12.9. The summed E-state index contributed by atoms with van der Waals surface area (Å²) < 4.78 is 19.3. The number of hydrogen-bond donors (Lipinski definition) is 0. The molecule has 0 spiro atoms. The first-order valence-corrected chi connectivity index (χ1v) is 8.90. The second kappa shape index (κ2) is 6.61. The summed E-state index contributed by atoms with van der Waals surface area (Å²) in [5.74, 6) is 0.371. The first-order valence-electron chi connectivity index (χ1n) is 8.90. The molecule has 1 fully saturated rings. The van der Waals surface area contributed by atoms with Crippen LogP contribution in [-0.2, 0) is 4.79 Å². The molecule has 2 aromatic carbocycles. The van der Waals surface area contributed by atoms with E-state index < -0.39 is 0 Å². The number of carbonyl (C=O) groups excluding carboxylic acids is 1. The average Bonchev–Trinajstić information content (AvgIpc) is 3.24. The van der Waals surface area contributed by atoms with E-state index in [-0.39, 0.29) is 24.1 Å². The van der Waals surface area contributed by atoms with Gasteiger partial charge in [0.2, 0.25) is 17.6 Å². The number of benzene rings is 2. The first kappa shape index (κ1) is 17.4. The van der Waals surface area contributed by atoms with Crippen molar-refractivity contribution < 1.29 is 13.7 Å². The van der Waals surface area contributed by atoms with Crippen molar-refractivity contribution in [3.63, 3.8) is 0 Å². The third kappa shape index (κ3) is 3.12. The Balaban J connectivity index is 1.60. The summed E-state index contributed by atoms with van der Waals surface area (Å²) in [5.41, 5.74) is 4.21. The monoisotopic (exact) mass is 365 g/mol. The van der Waals surface area contributed by atoms with Crippen molar-refractivity contribution in [3.05, 3.63) is 64.8 Å². The summed E-state index contributed by atoms with van der Waals surface area (Å²) in [6, 6.07) is 10.8. The van der Waals surface area contributed by atoms with Crippen LogP contribution in [0.25, 0.3) is 11.4 Å². The Labute approximate surface area is 156 Å². The lowest BCUT2D eigenvalue weighted by atomic mass is 10.1. The molecule has 1 atom stereocenters. The van der Waals surface area contributed by atoms with Crippen LogP contribution in [0, 0.1) is 26.6 Å². The normalized spacial score (nSPS) is 17.0. The van der Waals surface area contributed by atoms with Crippen molar-refractivity contribution in [3.8, 4) is 11.4 Å². The molecule has 0 bridgehead atoms. The molecular weight excluding hydrogens is 345 g/mol. The fourth-order valence-corrected chi connectivity index (χ4v) is 3.57. The van der Waals surface area contributed by atoms with Crippen molar-refractivity contribution in [1.82, 2.24) is 10.1 Å². The minimum atomic E-state index is -0.321. The maximum Gasteiger partial charge on any atom is 0.232 e. The van der Waals surface area contributed by atoms with Gasteiger partial charge in [-0.05, 0) is 38.5 Å². The third-order valence-corrected chi connectivity index (χ3v) is 5.07. The number of aryl methyl sites for hydroxylation is 2. The summed E-state index contributed by atoms with van der Waals surface area (Å²) in [4.78, 5) is 18.6. The van der Waals surface area contributed by atoms with Gasteiger partial charge in [0.25, 0.3) is 0 Å². The van der Waals surface area contributed by atoms with Crippen LogP contribution in [0.4, 0.5) is 10.1 Å². The molecule has 1 aliphatic rings. The molecule has 4 rings (SSSR count). The molecule has 27 heavy (non-hydrogen) atoms. The van der Waals surface area contributed by atoms with Crippen LogP contribution < -0.4 is 4.90 Å². The van der Waals surface area contributed by atoms with Gasteiger partial charge in [0.1, 0.15) is 5.82 Å². The van der Waals surface area contributed by atoms with E-state index in [2.05, 4.69) is 16.2 Å². The van der Waals surface area contributed by atoms with Crippen LogP contribution in [-0.4, -0.2) is 22.6 Å². The molecule has 0 radical (unpaired) electrons. The van der Waals surface area contributed by atoms with Crippen LogP contribution in [0.1, 0.15) is 34.9 Å². The highest BCUT2D eigenvalue weighted by atomic mass is 19.1. The van der Waals surface area contributed by atoms with Crippen LogP contribution >= 0.6 is 0 Å². The quantitative estimate of drug-likeness (QED) is 0.693. The second-order valence-corrected chi connectivity index (χ2v) is 7.06. The zero-order valence-corrected chi connectivity index (χ0v) is 15.5. The van der Waals surface area contributed by atoms with E-state index in [0.29, 0.717) is 29.5 Å². The number of nitrogens with zero attached hydrogens (tertiary/aromatic N) is 3. The standard InChI is InChI=1S/C21H20FN3O2/c1-12-7-8-16(13(2)9-12)20-23-21(27-24-20)15-10-19(26)25(11-15)18-6-4-5-17(22)14(18)3/h4-9,15H,10-11H2,1-3H3. The van der Waals surface area contributed by atoms with Gasteiger partial charge < -0.3 is 9.42 Å². The fraction of sp³-hybridized carbons (Fsp3) is 0.286. The molecule has 138 valence electrons. The van der Waals surface area contributed by atoms with Gasteiger partial charge in [0.15, 0.2) is 0 Å². The smallest absolute Gasteiger partial charge is 0.232 e. The molecule has 1 unspecified atom stereocenters. The zero-order valence-electron chi connectivity index (χ0n) is 15.5. The Hall–Kier alpha value is -3.02. The predicted octanol–water partition coefficient (Wildman–Crippen LogP) is 4.32. The Morgan fingerprint density at radius 2 is 2.00 bits per heavy atom. The molecule has 5 nitrogen and oxygen atoms in total. The van der Waals surface area contributed by atoms with Crippen molar-refractivity contribution in [2.75, 3.05) is 11.4 Å². The Morgan fingerprint density at radius 1 is 1.19 bits per heavy atom. The van der Waals surface area contributed by atoms with Crippen molar-refractivity contribution in [2.24, 2.45) is 0 Å². The number of aromatic nitrogens is 2.